The lowest BCUT2D eigenvalue weighted by molar-refractivity contribution is -0.150. The maximum atomic E-state index is 10.8. The van der Waals surface area contributed by atoms with E-state index in [-0.39, 0.29) is 0 Å². The van der Waals surface area contributed by atoms with E-state index in [1.54, 1.807) is 67.6 Å². The number of rotatable bonds is 13. The first-order chi connectivity index (χ1) is 20.4. The Morgan fingerprint density at radius 3 is 1.35 bits per heavy atom. The van der Waals surface area contributed by atoms with Crippen LogP contribution in [-0.2, 0) is 47.9 Å². The van der Waals surface area contributed by atoms with Crippen molar-refractivity contribution in [2.75, 3.05) is 38.0 Å². The molecule has 9 N–H and O–H groups in total. The summed E-state index contributed by atoms with van der Waals surface area (Å²) < 4.78 is 14.7. The molecule has 0 radical (unpaired) electrons. The average Bonchev–Trinajstić information content (AvgIpc) is 2.96. The van der Waals surface area contributed by atoms with Crippen molar-refractivity contribution in [1.29, 1.82) is 0 Å². The highest BCUT2D eigenvalue weighted by atomic mass is 16.5. The number of methoxy groups -OCH3 is 2. The molecular weight excluding hydrogens is 558 g/mol. The molecule has 3 aromatic rings. The van der Waals surface area contributed by atoms with Crippen molar-refractivity contribution in [1.82, 2.24) is 0 Å². The molecule has 0 heterocycles. The number of hydrogen-bond acceptors (Lipinski definition) is 9. The molecule has 0 aliphatic rings. The van der Waals surface area contributed by atoms with Crippen LogP contribution >= 0.6 is 0 Å². The quantitative estimate of drug-likeness (QED) is 0.156. The summed E-state index contributed by atoms with van der Waals surface area (Å²) >= 11 is 0. The van der Waals surface area contributed by atoms with Crippen molar-refractivity contribution in [3.8, 4) is 0 Å². The standard InChI is InChI=1S/C11H15NO3.2C10H13NO3/c1-2-15-10(11(13)14)7-8-4-3-5-9(12)6-8;1-14-9(10(12)13)6-7-2-4-8(11)5-3-7;1-14-9(10(12)13)6-7-3-2-4-8(11)5-7/h3-6,10H,2,7,12H2,1H3,(H,13,14);2*2-5,9H,6,11H2,1H3,(H,12,13). The fourth-order valence-electron chi connectivity index (χ4n) is 3.70. The summed E-state index contributed by atoms with van der Waals surface area (Å²) in [5.41, 5.74) is 21.2. The summed E-state index contributed by atoms with van der Waals surface area (Å²) in [5.74, 6) is -2.86. The molecule has 3 unspecified atom stereocenters. The lowest BCUT2D eigenvalue weighted by atomic mass is 10.1. The molecule has 0 aliphatic heterocycles. The van der Waals surface area contributed by atoms with Gasteiger partial charge in [-0.15, -0.1) is 0 Å². The van der Waals surface area contributed by atoms with Crippen LogP contribution in [0.1, 0.15) is 23.6 Å². The van der Waals surface area contributed by atoms with Gasteiger partial charge in [-0.2, -0.15) is 0 Å². The first-order valence-corrected chi connectivity index (χ1v) is 13.3. The predicted octanol–water partition coefficient (Wildman–Crippen LogP) is 3.12. The van der Waals surface area contributed by atoms with Gasteiger partial charge in [0.25, 0.3) is 0 Å². The largest absolute Gasteiger partial charge is 0.479 e. The molecule has 0 aromatic heterocycles. The van der Waals surface area contributed by atoms with E-state index in [1.165, 1.54) is 14.2 Å². The Morgan fingerprint density at radius 1 is 0.605 bits per heavy atom. The summed E-state index contributed by atoms with van der Waals surface area (Å²) in [7, 11) is 2.77. The zero-order valence-electron chi connectivity index (χ0n) is 24.5. The highest BCUT2D eigenvalue weighted by molar-refractivity contribution is 5.73. The Morgan fingerprint density at radius 2 is 1.00 bits per heavy atom. The number of carbonyl (C=O) groups is 3. The highest BCUT2D eigenvalue weighted by Gasteiger charge is 2.18. The Bertz CT molecular complexity index is 1290. The molecule has 0 saturated carbocycles. The second-order valence-corrected chi connectivity index (χ2v) is 9.25. The van der Waals surface area contributed by atoms with Crippen LogP contribution in [-0.4, -0.2) is 72.4 Å². The van der Waals surface area contributed by atoms with Gasteiger partial charge < -0.3 is 46.7 Å². The summed E-state index contributed by atoms with van der Waals surface area (Å²) in [6.07, 6.45) is -1.37. The first kappa shape index (κ1) is 36.4. The van der Waals surface area contributed by atoms with Crippen LogP contribution < -0.4 is 17.2 Å². The van der Waals surface area contributed by atoms with Gasteiger partial charge in [0.05, 0.1) is 0 Å². The Balaban J connectivity index is 0.000000323. The number of ether oxygens (including phenoxy) is 3. The van der Waals surface area contributed by atoms with Crippen LogP contribution in [0.25, 0.3) is 0 Å². The third-order valence-electron chi connectivity index (χ3n) is 5.91. The van der Waals surface area contributed by atoms with Gasteiger partial charge in [-0.1, -0.05) is 36.4 Å². The molecule has 234 valence electrons. The second kappa shape index (κ2) is 19.5. The lowest BCUT2D eigenvalue weighted by Gasteiger charge is -2.12. The van der Waals surface area contributed by atoms with Gasteiger partial charge >= 0.3 is 17.9 Å². The number of hydrogen-bond donors (Lipinski definition) is 6. The van der Waals surface area contributed by atoms with Gasteiger partial charge in [0, 0.05) is 57.2 Å². The number of nitrogens with two attached hydrogens (primary N) is 3. The smallest absolute Gasteiger partial charge is 0.333 e. The van der Waals surface area contributed by atoms with E-state index in [0.717, 1.165) is 16.7 Å². The molecule has 0 bridgehead atoms. The number of nitrogen functional groups attached to an aromatic ring is 3. The van der Waals surface area contributed by atoms with Gasteiger partial charge in [0.2, 0.25) is 0 Å². The number of anilines is 3. The van der Waals surface area contributed by atoms with Crippen molar-refractivity contribution in [3.63, 3.8) is 0 Å². The van der Waals surface area contributed by atoms with Crippen molar-refractivity contribution >= 4 is 35.0 Å². The maximum Gasteiger partial charge on any atom is 0.333 e. The molecule has 0 spiro atoms. The lowest BCUT2D eigenvalue weighted by Crippen LogP contribution is -2.26. The van der Waals surface area contributed by atoms with E-state index in [0.29, 0.717) is 42.9 Å². The number of carboxylic acid groups (broad SMARTS) is 3. The van der Waals surface area contributed by atoms with Crippen molar-refractivity contribution in [2.24, 2.45) is 0 Å². The third kappa shape index (κ3) is 14.7. The van der Waals surface area contributed by atoms with Crippen LogP contribution in [0.4, 0.5) is 17.1 Å². The van der Waals surface area contributed by atoms with Crippen molar-refractivity contribution in [3.05, 3.63) is 89.5 Å². The molecule has 12 nitrogen and oxygen atoms in total. The molecule has 0 aliphatic carbocycles. The van der Waals surface area contributed by atoms with E-state index in [2.05, 4.69) is 0 Å². The zero-order valence-corrected chi connectivity index (χ0v) is 24.5. The minimum absolute atomic E-state index is 0.330. The van der Waals surface area contributed by atoms with Gasteiger partial charge in [-0.05, 0) is 60.0 Å². The minimum atomic E-state index is -0.963. The topological polar surface area (TPSA) is 218 Å². The second-order valence-electron chi connectivity index (χ2n) is 9.25. The summed E-state index contributed by atoms with van der Waals surface area (Å²) in [6.45, 7) is 2.16. The predicted molar refractivity (Wildman–Crippen MR) is 164 cm³/mol. The van der Waals surface area contributed by atoms with Crippen LogP contribution in [0.3, 0.4) is 0 Å². The van der Waals surface area contributed by atoms with Crippen molar-refractivity contribution in [2.45, 2.75) is 44.5 Å². The molecule has 0 amide bonds. The Kier molecular flexibility index (Phi) is 16.5. The fraction of sp³-hybridized carbons (Fsp3) is 0.323. The van der Waals surface area contributed by atoms with E-state index in [9.17, 15) is 14.4 Å². The van der Waals surface area contributed by atoms with Crippen LogP contribution in [0.15, 0.2) is 72.8 Å². The van der Waals surface area contributed by atoms with Crippen molar-refractivity contribution < 1.29 is 43.9 Å². The summed E-state index contributed by atoms with van der Waals surface area (Å²) in [6, 6.07) is 21.4. The van der Waals surface area contributed by atoms with Gasteiger partial charge in [-0.25, -0.2) is 14.4 Å². The molecule has 3 aromatic carbocycles. The number of aliphatic carboxylic acids is 3. The molecule has 3 atom stereocenters. The monoisotopic (exact) mass is 599 g/mol. The number of benzene rings is 3. The molecular formula is C31H41N3O9. The first-order valence-electron chi connectivity index (χ1n) is 13.3. The van der Waals surface area contributed by atoms with E-state index in [1.807, 2.05) is 12.1 Å². The molecule has 3 rings (SSSR count). The average molecular weight is 600 g/mol. The molecule has 0 fully saturated rings. The van der Waals surface area contributed by atoms with E-state index in [4.69, 9.17) is 46.7 Å². The third-order valence-corrected chi connectivity index (χ3v) is 5.91. The zero-order chi connectivity index (χ0) is 32.4. The molecule has 12 heteroatoms. The number of carboxylic acids is 3. The highest BCUT2D eigenvalue weighted by Crippen LogP contribution is 2.12. The Hall–Kier alpha value is -4.65. The van der Waals surface area contributed by atoms with E-state index >= 15 is 0 Å². The summed E-state index contributed by atoms with van der Waals surface area (Å²) in [5, 5.41) is 26.4. The molecule has 0 saturated heterocycles. The van der Waals surface area contributed by atoms with Gasteiger partial charge in [-0.3, -0.25) is 0 Å². The van der Waals surface area contributed by atoms with Crippen LogP contribution in [0, 0.1) is 0 Å². The molecule has 43 heavy (non-hydrogen) atoms. The van der Waals surface area contributed by atoms with Gasteiger partial charge in [0.1, 0.15) is 0 Å². The van der Waals surface area contributed by atoms with Crippen LogP contribution in [0.2, 0.25) is 0 Å². The minimum Gasteiger partial charge on any atom is -0.479 e. The van der Waals surface area contributed by atoms with Gasteiger partial charge in [0.15, 0.2) is 18.3 Å². The fourth-order valence-corrected chi connectivity index (χ4v) is 3.70. The normalized spacial score (nSPS) is 12.3. The SMILES string of the molecule is CCOC(Cc1cccc(N)c1)C(=O)O.COC(Cc1ccc(N)cc1)C(=O)O.COC(Cc1cccc(N)c1)C(=O)O. The van der Waals surface area contributed by atoms with Crippen LogP contribution in [0.5, 0.6) is 0 Å². The maximum absolute atomic E-state index is 10.8. The van der Waals surface area contributed by atoms with E-state index < -0.39 is 36.2 Å². The summed E-state index contributed by atoms with van der Waals surface area (Å²) in [4.78, 5) is 32.1. The Labute approximate surface area is 251 Å².